The molecule has 0 bridgehead atoms. The maximum Gasteiger partial charge on any atom is 0.309 e. The van der Waals surface area contributed by atoms with E-state index in [-0.39, 0.29) is 27.3 Å². The van der Waals surface area contributed by atoms with Gasteiger partial charge in [0.1, 0.15) is 4.90 Å². The average Bonchev–Trinajstić information content (AvgIpc) is 2.51. The molecule has 0 aliphatic heterocycles. The topological polar surface area (TPSA) is 72.5 Å². The van der Waals surface area contributed by atoms with Gasteiger partial charge in [-0.05, 0) is 29.8 Å². The summed E-state index contributed by atoms with van der Waals surface area (Å²) in [5.74, 6) is -0.371. The molecule has 0 radical (unpaired) electrons. The van der Waals surface area contributed by atoms with Crippen molar-refractivity contribution in [1.29, 1.82) is 0 Å². The Morgan fingerprint density at radius 1 is 1.13 bits per heavy atom. The summed E-state index contributed by atoms with van der Waals surface area (Å²) >= 11 is 11.8. The van der Waals surface area contributed by atoms with Gasteiger partial charge in [-0.1, -0.05) is 41.4 Å². The zero-order valence-corrected chi connectivity index (χ0v) is 14.4. The summed E-state index contributed by atoms with van der Waals surface area (Å²) in [7, 11) is -2.56. The fraction of sp³-hybridized carbons (Fsp3) is 0.133. The second kappa shape index (κ2) is 7.21. The first kappa shape index (κ1) is 17.6. The molecule has 0 heterocycles. The fourth-order valence-corrected chi connectivity index (χ4v) is 3.65. The van der Waals surface area contributed by atoms with Crippen LogP contribution in [0, 0.1) is 0 Å². The van der Waals surface area contributed by atoms with E-state index in [1.54, 1.807) is 24.3 Å². The maximum absolute atomic E-state index is 12.4. The SMILES string of the molecule is COC(=O)Cc1ccc(NS(=O)(=O)c2cccc(Cl)c2Cl)cc1. The molecular formula is C15H13Cl2NO4S. The van der Waals surface area contributed by atoms with Crippen molar-refractivity contribution < 1.29 is 17.9 Å². The summed E-state index contributed by atoms with van der Waals surface area (Å²) in [4.78, 5) is 11.1. The van der Waals surface area contributed by atoms with Crippen molar-refractivity contribution in [3.05, 3.63) is 58.1 Å². The van der Waals surface area contributed by atoms with Crippen molar-refractivity contribution in [2.45, 2.75) is 11.3 Å². The van der Waals surface area contributed by atoms with Crippen LogP contribution in [0.15, 0.2) is 47.4 Å². The monoisotopic (exact) mass is 373 g/mol. The highest BCUT2D eigenvalue weighted by molar-refractivity contribution is 7.92. The van der Waals surface area contributed by atoms with E-state index in [4.69, 9.17) is 23.2 Å². The predicted octanol–water partition coefficient (Wildman–Crippen LogP) is 3.51. The summed E-state index contributed by atoms with van der Waals surface area (Å²) in [5.41, 5.74) is 1.05. The van der Waals surface area contributed by atoms with Gasteiger partial charge in [0.2, 0.25) is 0 Å². The van der Waals surface area contributed by atoms with Crippen LogP contribution in [0.5, 0.6) is 0 Å². The second-order valence-electron chi connectivity index (χ2n) is 4.61. The number of rotatable bonds is 5. The van der Waals surface area contributed by atoms with Crippen LogP contribution in [-0.2, 0) is 26.0 Å². The van der Waals surface area contributed by atoms with E-state index in [1.165, 1.54) is 25.3 Å². The molecule has 0 spiro atoms. The first-order valence-corrected chi connectivity index (χ1v) is 8.70. The zero-order chi connectivity index (χ0) is 17.0. The van der Waals surface area contributed by atoms with Crippen LogP contribution in [0.3, 0.4) is 0 Å². The smallest absolute Gasteiger partial charge is 0.309 e. The number of anilines is 1. The summed E-state index contributed by atoms with van der Waals surface area (Å²) in [6.07, 6.45) is 0.115. The lowest BCUT2D eigenvalue weighted by Crippen LogP contribution is -2.13. The van der Waals surface area contributed by atoms with Gasteiger partial charge < -0.3 is 4.74 Å². The number of benzene rings is 2. The third-order valence-corrected chi connectivity index (χ3v) is 5.34. The number of carbonyl (C=O) groups is 1. The Hall–Kier alpha value is -1.76. The van der Waals surface area contributed by atoms with E-state index >= 15 is 0 Å². The van der Waals surface area contributed by atoms with Crippen molar-refractivity contribution in [2.75, 3.05) is 11.8 Å². The van der Waals surface area contributed by atoms with Crippen molar-refractivity contribution in [3.8, 4) is 0 Å². The molecule has 0 saturated heterocycles. The highest BCUT2D eigenvalue weighted by Crippen LogP contribution is 2.30. The first-order valence-electron chi connectivity index (χ1n) is 6.46. The molecule has 2 aromatic carbocycles. The number of carbonyl (C=O) groups excluding carboxylic acids is 1. The Morgan fingerprint density at radius 3 is 2.39 bits per heavy atom. The molecule has 0 saturated carbocycles. The number of methoxy groups -OCH3 is 1. The third-order valence-electron chi connectivity index (χ3n) is 2.99. The van der Waals surface area contributed by atoms with Gasteiger partial charge in [-0.2, -0.15) is 0 Å². The van der Waals surface area contributed by atoms with Gasteiger partial charge in [0.05, 0.1) is 23.6 Å². The van der Waals surface area contributed by atoms with Gasteiger partial charge in [0, 0.05) is 5.69 Å². The van der Waals surface area contributed by atoms with E-state index in [2.05, 4.69) is 9.46 Å². The molecule has 0 atom stereocenters. The standard InChI is InChI=1S/C15H13Cl2NO4S/c1-22-14(19)9-10-5-7-11(8-6-10)18-23(20,21)13-4-2-3-12(16)15(13)17/h2-8,18H,9H2,1H3. The minimum absolute atomic E-state index is 0.0380. The van der Waals surface area contributed by atoms with Crippen LogP contribution in [0.2, 0.25) is 10.0 Å². The molecule has 1 N–H and O–H groups in total. The number of hydrogen-bond donors (Lipinski definition) is 1. The number of hydrogen-bond acceptors (Lipinski definition) is 4. The molecule has 0 unspecified atom stereocenters. The Balaban J connectivity index is 2.21. The molecule has 0 amide bonds. The molecule has 0 fully saturated rings. The lowest BCUT2D eigenvalue weighted by molar-refractivity contribution is -0.139. The van der Waals surface area contributed by atoms with Gasteiger partial charge in [-0.3, -0.25) is 9.52 Å². The summed E-state index contributed by atoms with van der Waals surface area (Å²) in [5, 5.41) is 0.118. The highest BCUT2D eigenvalue weighted by atomic mass is 35.5. The number of sulfonamides is 1. The quantitative estimate of drug-likeness (QED) is 0.813. The van der Waals surface area contributed by atoms with Crippen molar-refractivity contribution in [2.24, 2.45) is 0 Å². The zero-order valence-electron chi connectivity index (χ0n) is 12.0. The molecule has 2 aromatic rings. The molecule has 0 aromatic heterocycles. The van der Waals surface area contributed by atoms with Crippen LogP contribution in [0.4, 0.5) is 5.69 Å². The summed E-state index contributed by atoms with van der Waals surface area (Å²) in [6.45, 7) is 0. The molecule has 23 heavy (non-hydrogen) atoms. The minimum Gasteiger partial charge on any atom is -0.469 e. The Kier molecular flexibility index (Phi) is 5.51. The van der Waals surface area contributed by atoms with E-state index in [0.717, 1.165) is 0 Å². The van der Waals surface area contributed by atoms with E-state index in [9.17, 15) is 13.2 Å². The van der Waals surface area contributed by atoms with Gasteiger partial charge in [-0.15, -0.1) is 0 Å². The Morgan fingerprint density at radius 2 is 1.78 bits per heavy atom. The second-order valence-corrected chi connectivity index (χ2v) is 7.04. The fourth-order valence-electron chi connectivity index (χ4n) is 1.83. The highest BCUT2D eigenvalue weighted by Gasteiger charge is 2.19. The average molecular weight is 374 g/mol. The van der Waals surface area contributed by atoms with Crippen molar-refractivity contribution in [3.63, 3.8) is 0 Å². The molecule has 5 nitrogen and oxygen atoms in total. The van der Waals surface area contributed by atoms with E-state index < -0.39 is 10.0 Å². The van der Waals surface area contributed by atoms with Gasteiger partial charge in [-0.25, -0.2) is 8.42 Å². The Bertz CT molecular complexity index is 820. The van der Waals surface area contributed by atoms with Crippen LogP contribution >= 0.6 is 23.2 Å². The third kappa shape index (κ3) is 4.37. The molecular weight excluding hydrogens is 361 g/mol. The number of nitrogens with one attached hydrogen (secondary N) is 1. The van der Waals surface area contributed by atoms with E-state index in [1.807, 2.05) is 0 Å². The lowest BCUT2D eigenvalue weighted by Gasteiger charge is -2.10. The van der Waals surface area contributed by atoms with Crippen LogP contribution in [0.25, 0.3) is 0 Å². The van der Waals surface area contributed by atoms with E-state index in [0.29, 0.717) is 11.3 Å². The number of ether oxygens (including phenoxy) is 1. The van der Waals surface area contributed by atoms with Crippen molar-refractivity contribution >= 4 is 44.9 Å². The molecule has 0 aliphatic rings. The molecule has 8 heteroatoms. The van der Waals surface area contributed by atoms with Crippen LogP contribution in [0.1, 0.15) is 5.56 Å². The first-order chi connectivity index (χ1) is 10.8. The predicted molar refractivity (Wildman–Crippen MR) is 89.4 cm³/mol. The van der Waals surface area contributed by atoms with Gasteiger partial charge in [0.25, 0.3) is 10.0 Å². The summed E-state index contributed by atoms with van der Waals surface area (Å²) in [6, 6.07) is 10.7. The van der Waals surface area contributed by atoms with Gasteiger partial charge >= 0.3 is 5.97 Å². The number of halogens is 2. The largest absolute Gasteiger partial charge is 0.469 e. The lowest BCUT2D eigenvalue weighted by atomic mass is 10.1. The minimum atomic E-state index is -3.87. The van der Waals surface area contributed by atoms with Crippen LogP contribution in [-0.4, -0.2) is 21.5 Å². The Labute approximate surface area is 144 Å². The van der Waals surface area contributed by atoms with Gasteiger partial charge in [0.15, 0.2) is 0 Å². The maximum atomic E-state index is 12.4. The molecule has 2 rings (SSSR count). The van der Waals surface area contributed by atoms with Crippen LogP contribution < -0.4 is 4.72 Å². The van der Waals surface area contributed by atoms with Crippen molar-refractivity contribution in [1.82, 2.24) is 0 Å². The summed E-state index contributed by atoms with van der Waals surface area (Å²) < 4.78 is 31.7. The molecule has 122 valence electrons. The normalized spacial score (nSPS) is 11.1. The number of esters is 1. The molecule has 0 aliphatic carbocycles.